The molecular formula is C12H17N. The van der Waals surface area contributed by atoms with E-state index in [1.165, 1.54) is 5.57 Å². The van der Waals surface area contributed by atoms with E-state index < -0.39 is 0 Å². The van der Waals surface area contributed by atoms with E-state index in [1.54, 1.807) is 0 Å². The second kappa shape index (κ2) is 7.36. The smallest absolute Gasteiger partial charge is 0.0669 e. The highest BCUT2D eigenvalue weighted by molar-refractivity contribution is 5.28. The van der Waals surface area contributed by atoms with Crippen LogP contribution >= 0.6 is 0 Å². The van der Waals surface area contributed by atoms with E-state index in [-0.39, 0.29) is 0 Å². The molecular weight excluding hydrogens is 158 g/mol. The Hall–Kier alpha value is -1.29. The maximum Gasteiger partial charge on any atom is 0.0669 e. The van der Waals surface area contributed by atoms with Crippen LogP contribution in [0.15, 0.2) is 35.5 Å². The quantitative estimate of drug-likeness (QED) is 0.471. The molecule has 0 heterocycles. The van der Waals surface area contributed by atoms with Crippen LogP contribution in [0.2, 0.25) is 0 Å². The minimum atomic E-state index is 0.508. The van der Waals surface area contributed by atoms with Crippen molar-refractivity contribution in [2.24, 2.45) is 0 Å². The summed E-state index contributed by atoms with van der Waals surface area (Å²) < 4.78 is 0. The Kier molecular flexibility index (Phi) is 6.63. The highest BCUT2D eigenvalue weighted by Gasteiger charge is 1.96. The topological polar surface area (TPSA) is 23.8 Å². The van der Waals surface area contributed by atoms with Crippen molar-refractivity contribution in [1.82, 2.24) is 0 Å². The van der Waals surface area contributed by atoms with Crippen molar-refractivity contribution >= 4 is 0 Å². The largest absolute Gasteiger partial charge is 0.198 e. The van der Waals surface area contributed by atoms with Gasteiger partial charge in [0.15, 0.2) is 0 Å². The summed E-state index contributed by atoms with van der Waals surface area (Å²) in [4.78, 5) is 0. The third-order valence-corrected chi connectivity index (χ3v) is 1.85. The zero-order valence-corrected chi connectivity index (χ0v) is 8.67. The fraction of sp³-hybridized carbons (Fsp3) is 0.417. The molecule has 0 amide bonds. The first-order valence-electron chi connectivity index (χ1n) is 4.55. The zero-order chi connectivity index (χ0) is 10.1. The predicted octanol–water partition coefficient (Wildman–Crippen LogP) is 3.76. The molecule has 13 heavy (non-hydrogen) atoms. The van der Waals surface area contributed by atoms with Gasteiger partial charge in [-0.15, -0.1) is 0 Å². The molecule has 0 unspecified atom stereocenters. The second-order valence-corrected chi connectivity index (χ2v) is 2.91. The van der Waals surface area contributed by atoms with Gasteiger partial charge < -0.3 is 0 Å². The molecule has 0 spiro atoms. The number of hydrogen-bond donors (Lipinski definition) is 0. The SMILES string of the molecule is C/C=C\C/C(C)=C(\C=C/C)CC#N. The van der Waals surface area contributed by atoms with E-state index in [2.05, 4.69) is 19.1 Å². The maximum atomic E-state index is 8.60. The molecule has 0 atom stereocenters. The Morgan fingerprint density at radius 3 is 2.46 bits per heavy atom. The van der Waals surface area contributed by atoms with Gasteiger partial charge in [0.25, 0.3) is 0 Å². The molecule has 70 valence electrons. The van der Waals surface area contributed by atoms with Gasteiger partial charge in [-0.1, -0.05) is 29.9 Å². The number of hydrogen-bond acceptors (Lipinski definition) is 1. The molecule has 0 fully saturated rings. The first-order chi connectivity index (χ1) is 6.26. The Morgan fingerprint density at radius 2 is 2.00 bits per heavy atom. The monoisotopic (exact) mass is 175 g/mol. The van der Waals surface area contributed by atoms with Crippen LogP contribution in [0, 0.1) is 11.3 Å². The Morgan fingerprint density at radius 1 is 1.31 bits per heavy atom. The van der Waals surface area contributed by atoms with Gasteiger partial charge in [0.1, 0.15) is 0 Å². The van der Waals surface area contributed by atoms with E-state index in [0.717, 1.165) is 12.0 Å². The molecule has 0 aliphatic carbocycles. The third-order valence-electron chi connectivity index (χ3n) is 1.85. The molecule has 0 radical (unpaired) electrons. The van der Waals surface area contributed by atoms with Crippen LogP contribution < -0.4 is 0 Å². The molecule has 0 rings (SSSR count). The van der Waals surface area contributed by atoms with Crippen LogP contribution in [0.1, 0.15) is 33.6 Å². The van der Waals surface area contributed by atoms with Crippen LogP contribution in [0.5, 0.6) is 0 Å². The maximum absolute atomic E-state index is 8.60. The Bertz CT molecular complexity index is 261. The molecule has 0 bridgehead atoms. The van der Waals surface area contributed by atoms with Gasteiger partial charge >= 0.3 is 0 Å². The summed E-state index contributed by atoms with van der Waals surface area (Å²) in [5.41, 5.74) is 2.42. The van der Waals surface area contributed by atoms with Gasteiger partial charge in [0, 0.05) is 0 Å². The minimum Gasteiger partial charge on any atom is -0.198 e. The van der Waals surface area contributed by atoms with Gasteiger partial charge in [-0.25, -0.2) is 0 Å². The van der Waals surface area contributed by atoms with Crippen molar-refractivity contribution in [1.29, 1.82) is 5.26 Å². The molecule has 0 saturated heterocycles. The van der Waals surface area contributed by atoms with Crippen molar-refractivity contribution in [3.8, 4) is 6.07 Å². The number of rotatable bonds is 4. The van der Waals surface area contributed by atoms with Crippen molar-refractivity contribution < 1.29 is 0 Å². The molecule has 0 aliphatic rings. The van der Waals surface area contributed by atoms with Crippen molar-refractivity contribution in [2.45, 2.75) is 33.6 Å². The molecule has 0 N–H and O–H groups in total. The van der Waals surface area contributed by atoms with Crippen LogP contribution in [-0.2, 0) is 0 Å². The molecule has 1 heteroatoms. The van der Waals surface area contributed by atoms with Gasteiger partial charge in [-0.05, 0) is 32.8 Å². The van der Waals surface area contributed by atoms with E-state index in [1.807, 2.05) is 32.1 Å². The molecule has 0 aromatic rings. The van der Waals surface area contributed by atoms with E-state index in [9.17, 15) is 0 Å². The van der Waals surface area contributed by atoms with Crippen molar-refractivity contribution in [3.05, 3.63) is 35.5 Å². The summed E-state index contributed by atoms with van der Waals surface area (Å²) in [6.45, 7) is 6.06. The standard InChI is InChI=1S/C12H17N/c1-4-6-8-11(3)12(7-5-2)9-10-13/h4-7H,8-9H2,1-3H3/b6-4-,7-5-,12-11+. The van der Waals surface area contributed by atoms with E-state index in [4.69, 9.17) is 5.26 Å². The summed E-state index contributed by atoms with van der Waals surface area (Å²) in [5, 5.41) is 8.60. The molecule has 1 nitrogen and oxygen atoms in total. The lowest BCUT2D eigenvalue weighted by molar-refractivity contribution is 1.12. The van der Waals surface area contributed by atoms with Crippen LogP contribution in [0.4, 0.5) is 0 Å². The summed E-state index contributed by atoms with van der Waals surface area (Å²) in [6, 6.07) is 2.18. The first-order valence-corrected chi connectivity index (χ1v) is 4.55. The summed E-state index contributed by atoms with van der Waals surface area (Å²) in [7, 11) is 0. The molecule has 0 saturated carbocycles. The predicted molar refractivity (Wildman–Crippen MR) is 57.2 cm³/mol. The number of nitrogens with zero attached hydrogens (tertiary/aromatic N) is 1. The van der Waals surface area contributed by atoms with E-state index in [0.29, 0.717) is 6.42 Å². The molecule has 0 aliphatic heterocycles. The summed E-state index contributed by atoms with van der Waals surface area (Å²) in [6.07, 6.45) is 9.58. The lowest BCUT2D eigenvalue weighted by Crippen LogP contribution is -1.83. The Labute approximate surface area is 81.1 Å². The summed E-state index contributed by atoms with van der Waals surface area (Å²) >= 11 is 0. The highest BCUT2D eigenvalue weighted by Crippen LogP contribution is 2.13. The fourth-order valence-corrected chi connectivity index (χ4v) is 1.06. The van der Waals surface area contributed by atoms with Crippen LogP contribution in [0.25, 0.3) is 0 Å². The number of allylic oxidation sites excluding steroid dienone is 6. The third kappa shape index (κ3) is 5.03. The lowest BCUT2D eigenvalue weighted by Gasteiger charge is -2.01. The Balaban J connectivity index is 4.55. The lowest BCUT2D eigenvalue weighted by atomic mass is 10.0. The van der Waals surface area contributed by atoms with Gasteiger partial charge in [-0.3, -0.25) is 0 Å². The zero-order valence-electron chi connectivity index (χ0n) is 8.67. The van der Waals surface area contributed by atoms with Gasteiger partial charge in [0.05, 0.1) is 12.5 Å². The van der Waals surface area contributed by atoms with Crippen LogP contribution in [-0.4, -0.2) is 0 Å². The van der Waals surface area contributed by atoms with E-state index >= 15 is 0 Å². The highest BCUT2D eigenvalue weighted by atomic mass is 14.2. The van der Waals surface area contributed by atoms with Gasteiger partial charge in [0.2, 0.25) is 0 Å². The minimum absolute atomic E-state index is 0.508. The molecule has 0 aromatic carbocycles. The van der Waals surface area contributed by atoms with Crippen LogP contribution in [0.3, 0.4) is 0 Å². The average Bonchev–Trinajstić information content (AvgIpc) is 2.14. The first kappa shape index (κ1) is 11.7. The number of nitriles is 1. The average molecular weight is 175 g/mol. The van der Waals surface area contributed by atoms with Gasteiger partial charge in [-0.2, -0.15) is 5.26 Å². The normalized spacial score (nSPS) is 13.4. The summed E-state index contributed by atoms with van der Waals surface area (Å²) in [5.74, 6) is 0. The molecule has 0 aromatic heterocycles. The van der Waals surface area contributed by atoms with Crippen molar-refractivity contribution in [2.75, 3.05) is 0 Å². The second-order valence-electron chi connectivity index (χ2n) is 2.91. The van der Waals surface area contributed by atoms with Crippen molar-refractivity contribution in [3.63, 3.8) is 0 Å². The fourth-order valence-electron chi connectivity index (χ4n) is 1.06.